The SMILES string of the molecule is COc1ccc(NC(=O)C(=O)NCC(c2cccn2C)N2CCc3ccccc3C2)cc1OC. The van der Waals surface area contributed by atoms with Crippen LogP contribution in [0.15, 0.2) is 60.8 Å². The van der Waals surface area contributed by atoms with Crippen molar-refractivity contribution in [1.82, 2.24) is 14.8 Å². The lowest BCUT2D eigenvalue weighted by Crippen LogP contribution is -2.44. The molecule has 1 aromatic heterocycles. The van der Waals surface area contributed by atoms with Crippen molar-refractivity contribution in [2.45, 2.75) is 19.0 Å². The summed E-state index contributed by atoms with van der Waals surface area (Å²) in [5.41, 5.74) is 4.19. The molecule has 0 saturated carbocycles. The van der Waals surface area contributed by atoms with E-state index in [0.29, 0.717) is 23.7 Å². The van der Waals surface area contributed by atoms with E-state index in [0.717, 1.165) is 25.2 Å². The predicted octanol–water partition coefficient (Wildman–Crippen LogP) is 2.90. The van der Waals surface area contributed by atoms with E-state index < -0.39 is 11.8 Å². The third-order valence-corrected chi connectivity index (χ3v) is 6.23. The van der Waals surface area contributed by atoms with Crippen molar-refractivity contribution in [3.8, 4) is 11.5 Å². The average molecular weight is 463 g/mol. The highest BCUT2D eigenvalue weighted by Crippen LogP contribution is 2.30. The molecule has 8 nitrogen and oxygen atoms in total. The minimum Gasteiger partial charge on any atom is -0.493 e. The molecule has 0 aliphatic carbocycles. The van der Waals surface area contributed by atoms with Crippen LogP contribution in [0.4, 0.5) is 5.69 Å². The Balaban J connectivity index is 1.44. The Bertz CT molecular complexity index is 1170. The van der Waals surface area contributed by atoms with Gasteiger partial charge in [-0.15, -0.1) is 0 Å². The van der Waals surface area contributed by atoms with Crippen LogP contribution in [0, 0.1) is 0 Å². The fourth-order valence-electron chi connectivity index (χ4n) is 4.40. The van der Waals surface area contributed by atoms with E-state index in [1.165, 1.54) is 25.3 Å². The highest BCUT2D eigenvalue weighted by Gasteiger charge is 2.27. The highest BCUT2D eigenvalue weighted by molar-refractivity contribution is 6.39. The van der Waals surface area contributed by atoms with Crippen LogP contribution < -0.4 is 20.1 Å². The van der Waals surface area contributed by atoms with Gasteiger partial charge in [0.15, 0.2) is 11.5 Å². The number of aromatic nitrogens is 1. The molecule has 1 atom stereocenters. The Hall–Kier alpha value is -3.78. The van der Waals surface area contributed by atoms with E-state index in [9.17, 15) is 9.59 Å². The van der Waals surface area contributed by atoms with E-state index in [1.54, 1.807) is 18.2 Å². The number of nitrogens with one attached hydrogen (secondary N) is 2. The van der Waals surface area contributed by atoms with Crippen molar-refractivity contribution < 1.29 is 19.1 Å². The van der Waals surface area contributed by atoms with Crippen LogP contribution in [-0.2, 0) is 29.6 Å². The summed E-state index contributed by atoms with van der Waals surface area (Å²) in [6, 6.07) is 17.4. The third kappa shape index (κ3) is 5.07. The zero-order chi connectivity index (χ0) is 24.1. The van der Waals surface area contributed by atoms with Gasteiger partial charge in [0.2, 0.25) is 0 Å². The number of amides is 2. The first-order valence-corrected chi connectivity index (χ1v) is 11.2. The molecular formula is C26H30N4O4. The van der Waals surface area contributed by atoms with Crippen molar-refractivity contribution in [2.24, 2.45) is 7.05 Å². The maximum Gasteiger partial charge on any atom is 0.313 e. The molecule has 0 bridgehead atoms. The summed E-state index contributed by atoms with van der Waals surface area (Å²) in [5, 5.41) is 5.45. The van der Waals surface area contributed by atoms with E-state index in [1.807, 2.05) is 19.3 Å². The molecule has 3 aromatic rings. The van der Waals surface area contributed by atoms with Crippen LogP contribution in [0.1, 0.15) is 22.9 Å². The fourth-order valence-corrected chi connectivity index (χ4v) is 4.40. The lowest BCUT2D eigenvalue weighted by molar-refractivity contribution is -0.136. The van der Waals surface area contributed by atoms with E-state index in [4.69, 9.17) is 9.47 Å². The molecule has 0 fully saturated rings. The number of hydrogen-bond acceptors (Lipinski definition) is 5. The summed E-state index contributed by atoms with van der Waals surface area (Å²) in [4.78, 5) is 27.6. The van der Waals surface area contributed by atoms with Gasteiger partial charge in [-0.05, 0) is 41.8 Å². The van der Waals surface area contributed by atoms with Gasteiger partial charge in [-0.1, -0.05) is 24.3 Å². The summed E-state index contributed by atoms with van der Waals surface area (Å²) in [5.74, 6) is -0.415. The van der Waals surface area contributed by atoms with Gasteiger partial charge in [-0.2, -0.15) is 0 Å². The molecule has 4 rings (SSSR count). The second kappa shape index (κ2) is 10.4. The highest BCUT2D eigenvalue weighted by atomic mass is 16.5. The molecule has 0 spiro atoms. The van der Waals surface area contributed by atoms with Crippen molar-refractivity contribution >= 4 is 17.5 Å². The summed E-state index contributed by atoms with van der Waals surface area (Å²) in [6.45, 7) is 1.98. The summed E-state index contributed by atoms with van der Waals surface area (Å²) in [6.07, 6.45) is 2.94. The van der Waals surface area contributed by atoms with Crippen LogP contribution in [0.25, 0.3) is 0 Å². The molecule has 2 aromatic carbocycles. The Morgan fingerprint density at radius 3 is 2.44 bits per heavy atom. The molecule has 2 amide bonds. The zero-order valence-electron chi connectivity index (χ0n) is 19.7. The Kier molecular flexibility index (Phi) is 7.18. The molecule has 1 aliphatic rings. The number of methoxy groups -OCH3 is 2. The summed E-state index contributed by atoms with van der Waals surface area (Å²) >= 11 is 0. The van der Waals surface area contributed by atoms with Gasteiger partial charge < -0.3 is 24.7 Å². The van der Waals surface area contributed by atoms with E-state index >= 15 is 0 Å². The Morgan fingerprint density at radius 1 is 0.971 bits per heavy atom. The van der Waals surface area contributed by atoms with Gasteiger partial charge in [0.05, 0.1) is 20.3 Å². The number of aryl methyl sites for hydroxylation is 1. The Morgan fingerprint density at radius 2 is 1.74 bits per heavy atom. The first kappa shape index (κ1) is 23.4. The average Bonchev–Trinajstić information content (AvgIpc) is 3.29. The zero-order valence-corrected chi connectivity index (χ0v) is 19.7. The maximum absolute atomic E-state index is 12.7. The lowest BCUT2D eigenvalue weighted by atomic mass is 9.98. The molecule has 34 heavy (non-hydrogen) atoms. The third-order valence-electron chi connectivity index (χ3n) is 6.23. The van der Waals surface area contributed by atoms with Gasteiger partial charge in [0.1, 0.15) is 0 Å². The topological polar surface area (TPSA) is 84.8 Å². The van der Waals surface area contributed by atoms with Crippen molar-refractivity contribution in [3.63, 3.8) is 0 Å². The monoisotopic (exact) mass is 462 g/mol. The smallest absolute Gasteiger partial charge is 0.313 e. The maximum atomic E-state index is 12.7. The van der Waals surface area contributed by atoms with Crippen LogP contribution in [0.5, 0.6) is 11.5 Å². The van der Waals surface area contributed by atoms with Gasteiger partial charge in [0.25, 0.3) is 0 Å². The lowest BCUT2D eigenvalue weighted by Gasteiger charge is -2.36. The quantitative estimate of drug-likeness (QED) is 0.528. The number of anilines is 1. The van der Waals surface area contributed by atoms with Gasteiger partial charge in [-0.3, -0.25) is 14.5 Å². The number of fused-ring (bicyclic) bond motifs is 1. The molecule has 1 unspecified atom stereocenters. The minimum atomic E-state index is -0.734. The van der Waals surface area contributed by atoms with Crippen molar-refractivity contribution in [1.29, 1.82) is 0 Å². The molecule has 1 aliphatic heterocycles. The molecule has 8 heteroatoms. The van der Waals surface area contributed by atoms with Gasteiger partial charge >= 0.3 is 11.8 Å². The van der Waals surface area contributed by atoms with Crippen molar-refractivity contribution in [3.05, 3.63) is 77.6 Å². The molecular weight excluding hydrogens is 432 g/mol. The number of carbonyl (C=O) groups excluding carboxylic acids is 2. The predicted molar refractivity (Wildman–Crippen MR) is 130 cm³/mol. The second-order valence-corrected chi connectivity index (χ2v) is 8.28. The van der Waals surface area contributed by atoms with Gasteiger partial charge in [0, 0.05) is 50.3 Å². The molecule has 2 N–H and O–H groups in total. The van der Waals surface area contributed by atoms with E-state index in [-0.39, 0.29) is 6.04 Å². The number of carbonyl (C=O) groups is 2. The van der Waals surface area contributed by atoms with Crippen molar-refractivity contribution in [2.75, 3.05) is 32.6 Å². The van der Waals surface area contributed by atoms with E-state index in [2.05, 4.69) is 50.4 Å². The van der Waals surface area contributed by atoms with Crippen LogP contribution >= 0.6 is 0 Å². The van der Waals surface area contributed by atoms with Crippen LogP contribution in [-0.4, -0.2) is 48.6 Å². The number of ether oxygens (including phenoxy) is 2. The van der Waals surface area contributed by atoms with Crippen LogP contribution in [0.2, 0.25) is 0 Å². The summed E-state index contributed by atoms with van der Waals surface area (Å²) in [7, 11) is 5.04. The first-order valence-electron chi connectivity index (χ1n) is 11.2. The molecule has 0 radical (unpaired) electrons. The van der Waals surface area contributed by atoms with Gasteiger partial charge in [-0.25, -0.2) is 0 Å². The Labute approximate surface area is 199 Å². The number of hydrogen-bond donors (Lipinski definition) is 2. The number of benzene rings is 2. The normalized spacial score (nSPS) is 14.1. The largest absolute Gasteiger partial charge is 0.493 e. The number of nitrogens with zero attached hydrogens (tertiary/aromatic N) is 2. The first-order chi connectivity index (χ1) is 16.5. The van der Waals surface area contributed by atoms with Crippen LogP contribution in [0.3, 0.4) is 0 Å². The molecule has 0 saturated heterocycles. The molecule has 178 valence electrons. The standard InChI is InChI=1S/C26H30N4O4/c1-29-13-6-9-21(29)22(30-14-12-18-7-4-5-8-19(18)17-30)16-27-25(31)26(32)28-20-10-11-23(33-2)24(15-20)34-3/h4-11,13,15,22H,12,14,16-17H2,1-3H3,(H,27,31)(H,28,32). The fraction of sp³-hybridized carbons (Fsp3) is 0.308. The molecule has 2 heterocycles. The second-order valence-electron chi connectivity index (χ2n) is 8.28. The summed E-state index contributed by atoms with van der Waals surface area (Å²) < 4.78 is 12.5. The minimum absolute atomic E-state index is 0.0637. The number of rotatable bonds is 7.